The van der Waals surface area contributed by atoms with Crippen molar-refractivity contribution in [2.45, 2.75) is 6.92 Å². The summed E-state index contributed by atoms with van der Waals surface area (Å²) in [6.45, 7) is 2.43. The third-order valence-electron chi connectivity index (χ3n) is 2.26. The van der Waals surface area contributed by atoms with Crippen molar-refractivity contribution in [1.29, 1.82) is 0 Å². The standard InChI is InChI=1S/C13H11ClN2/c1-2-3-8-15-12-7-6-11(14)10-5-4-9-16-13(10)12/h4-7,9,15H,8H2,1H3. The fourth-order valence-electron chi connectivity index (χ4n) is 1.51. The zero-order chi connectivity index (χ0) is 11.4. The van der Waals surface area contributed by atoms with Crippen LogP contribution in [0.2, 0.25) is 5.02 Å². The minimum atomic E-state index is 0.615. The van der Waals surface area contributed by atoms with E-state index in [4.69, 9.17) is 11.6 Å². The van der Waals surface area contributed by atoms with Gasteiger partial charge in [0.1, 0.15) is 0 Å². The zero-order valence-corrected chi connectivity index (χ0v) is 9.67. The maximum atomic E-state index is 6.09. The molecule has 2 aromatic rings. The number of anilines is 1. The number of aromatic nitrogens is 1. The lowest BCUT2D eigenvalue weighted by Crippen LogP contribution is -2.00. The van der Waals surface area contributed by atoms with Crippen molar-refractivity contribution in [2.24, 2.45) is 0 Å². The molecule has 1 aromatic heterocycles. The lowest BCUT2D eigenvalue weighted by molar-refractivity contribution is 1.35. The van der Waals surface area contributed by atoms with Crippen LogP contribution in [0.25, 0.3) is 10.9 Å². The minimum Gasteiger partial charge on any atom is -0.372 e. The molecule has 2 rings (SSSR count). The molecule has 0 bridgehead atoms. The number of halogens is 1. The Morgan fingerprint density at radius 2 is 2.25 bits per heavy atom. The van der Waals surface area contributed by atoms with Crippen molar-refractivity contribution < 1.29 is 0 Å². The molecule has 0 saturated carbocycles. The highest BCUT2D eigenvalue weighted by Crippen LogP contribution is 2.27. The van der Waals surface area contributed by atoms with Gasteiger partial charge in [0.2, 0.25) is 0 Å². The van der Waals surface area contributed by atoms with Crippen molar-refractivity contribution in [3.8, 4) is 11.8 Å². The summed E-state index contributed by atoms with van der Waals surface area (Å²) >= 11 is 6.09. The summed E-state index contributed by atoms with van der Waals surface area (Å²) in [5.41, 5.74) is 1.84. The SMILES string of the molecule is CC#CCNc1ccc(Cl)c2cccnc12. The van der Waals surface area contributed by atoms with Gasteiger partial charge in [-0.15, -0.1) is 5.92 Å². The number of nitrogens with one attached hydrogen (secondary N) is 1. The molecule has 0 aliphatic heterocycles. The van der Waals surface area contributed by atoms with Crippen LogP contribution in [-0.4, -0.2) is 11.5 Å². The van der Waals surface area contributed by atoms with Crippen molar-refractivity contribution in [3.63, 3.8) is 0 Å². The van der Waals surface area contributed by atoms with Gasteiger partial charge in [0.25, 0.3) is 0 Å². The highest BCUT2D eigenvalue weighted by molar-refractivity contribution is 6.35. The second kappa shape index (κ2) is 4.87. The second-order valence-corrected chi connectivity index (χ2v) is 3.68. The van der Waals surface area contributed by atoms with Crippen LogP contribution in [0.15, 0.2) is 30.5 Å². The molecule has 0 unspecified atom stereocenters. The molecule has 1 aromatic carbocycles. The Morgan fingerprint density at radius 3 is 3.06 bits per heavy atom. The van der Waals surface area contributed by atoms with Gasteiger partial charge in [-0.1, -0.05) is 17.5 Å². The maximum absolute atomic E-state index is 6.09. The molecule has 16 heavy (non-hydrogen) atoms. The summed E-state index contributed by atoms with van der Waals surface area (Å²) in [5, 5.41) is 4.90. The molecule has 0 amide bonds. The Balaban J connectivity index is 2.44. The molecule has 0 spiro atoms. The molecule has 80 valence electrons. The van der Waals surface area contributed by atoms with Crippen LogP contribution < -0.4 is 5.32 Å². The van der Waals surface area contributed by atoms with E-state index in [2.05, 4.69) is 22.1 Å². The average molecular weight is 231 g/mol. The smallest absolute Gasteiger partial charge is 0.0948 e. The summed E-state index contributed by atoms with van der Waals surface area (Å²) in [6.07, 6.45) is 1.76. The molecular formula is C13H11ClN2. The monoisotopic (exact) mass is 230 g/mol. The van der Waals surface area contributed by atoms with E-state index >= 15 is 0 Å². The molecule has 0 radical (unpaired) electrons. The maximum Gasteiger partial charge on any atom is 0.0948 e. The lowest BCUT2D eigenvalue weighted by atomic mass is 10.2. The van der Waals surface area contributed by atoms with Gasteiger partial charge in [-0.05, 0) is 31.2 Å². The summed E-state index contributed by atoms with van der Waals surface area (Å²) in [6, 6.07) is 7.63. The van der Waals surface area contributed by atoms with Crippen LogP contribution in [0.4, 0.5) is 5.69 Å². The van der Waals surface area contributed by atoms with E-state index < -0.39 is 0 Å². The Hall–Kier alpha value is -1.72. The first-order valence-electron chi connectivity index (χ1n) is 4.99. The molecule has 1 N–H and O–H groups in total. The Labute approximate surface area is 99.6 Å². The van der Waals surface area contributed by atoms with Crippen molar-refractivity contribution in [2.75, 3.05) is 11.9 Å². The van der Waals surface area contributed by atoms with E-state index in [-0.39, 0.29) is 0 Å². The van der Waals surface area contributed by atoms with E-state index in [1.807, 2.05) is 31.2 Å². The van der Waals surface area contributed by atoms with Gasteiger partial charge in [-0.3, -0.25) is 4.98 Å². The van der Waals surface area contributed by atoms with E-state index in [9.17, 15) is 0 Å². The summed E-state index contributed by atoms with van der Waals surface area (Å²) in [4.78, 5) is 4.33. The van der Waals surface area contributed by atoms with Crippen LogP contribution in [0.1, 0.15) is 6.92 Å². The molecule has 0 aliphatic rings. The minimum absolute atomic E-state index is 0.615. The van der Waals surface area contributed by atoms with Crippen LogP contribution >= 0.6 is 11.6 Å². The number of pyridine rings is 1. The van der Waals surface area contributed by atoms with E-state index in [0.29, 0.717) is 6.54 Å². The highest BCUT2D eigenvalue weighted by Gasteiger charge is 2.03. The molecule has 0 atom stereocenters. The van der Waals surface area contributed by atoms with Gasteiger partial charge in [0, 0.05) is 11.6 Å². The number of hydrogen-bond donors (Lipinski definition) is 1. The van der Waals surface area contributed by atoms with Crippen LogP contribution in [-0.2, 0) is 0 Å². The number of fused-ring (bicyclic) bond motifs is 1. The van der Waals surface area contributed by atoms with Crippen molar-refractivity contribution >= 4 is 28.2 Å². The summed E-state index contributed by atoms with van der Waals surface area (Å²) in [5.74, 6) is 5.79. The Morgan fingerprint density at radius 1 is 1.38 bits per heavy atom. The summed E-state index contributed by atoms with van der Waals surface area (Å²) < 4.78 is 0. The van der Waals surface area contributed by atoms with Gasteiger partial charge in [-0.25, -0.2) is 0 Å². The Kier molecular flexibility index (Phi) is 3.28. The van der Waals surface area contributed by atoms with Crippen molar-refractivity contribution in [3.05, 3.63) is 35.5 Å². The highest BCUT2D eigenvalue weighted by atomic mass is 35.5. The predicted octanol–water partition coefficient (Wildman–Crippen LogP) is 3.32. The van der Waals surface area contributed by atoms with Gasteiger partial charge >= 0.3 is 0 Å². The topological polar surface area (TPSA) is 24.9 Å². The van der Waals surface area contributed by atoms with Gasteiger partial charge in [-0.2, -0.15) is 0 Å². The lowest BCUT2D eigenvalue weighted by Gasteiger charge is -2.07. The van der Waals surface area contributed by atoms with Gasteiger partial charge < -0.3 is 5.32 Å². The van der Waals surface area contributed by atoms with Crippen LogP contribution in [0, 0.1) is 11.8 Å². The number of hydrogen-bond acceptors (Lipinski definition) is 2. The second-order valence-electron chi connectivity index (χ2n) is 3.27. The molecular weight excluding hydrogens is 220 g/mol. The van der Waals surface area contributed by atoms with E-state index in [1.165, 1.54) is 0 Å². The molecule has 2 nitrogen and oxygen atoms in total. The third kappa shape index (κ3) is 2.10. The third-order valence-corrected chi connectivity index (χ3v) is 2.59. The van der Waals surface area contributed by atoms with Crippen LogP contribution in [0.3, 0.4) is 0 Å². The molecule has 0 aliphatic carbocycles. The largest absolute Gasteiger partial charge is 0.372 e. The van der Waals surface area contributed by atoms with Crippen LogP contribution in [0.5, 0.6) is 0 Å². The first-order valence-corrected chi connectivity index (χ1v) is 5.37. The van der Waals surface area contributed by atoms with E-state index in [0.717, 1.165) is 21.6 Å². The molecule has 1 heterocycles. The van der Waals surface area contributed by atoms with Crippen molar-refractivity contribution in [1.82, 2.24) is 4.98 Å². The predicted molar refractivity (Wildman–Crippen MR) is 68.7 cm³/mol. The van der Waals surface area contributed by atoms with E-state index in [1.54, 1.807) is 6.20 Å². The fraction of sp³-hybridized carbons (Fsp3) is 0.154. The summed E-state index contributed by atoms with van der Waals surface area (Å²) in [7, 11) is 0. The molecule has 0 fully saturated rings. The fourth-order valence-corrected chi connectivity index (χ4v) is 1.72. The molecule has 3 heteroatoms. The number of nitrogens with zero attached hydrogens (tertiary/aromatic N) is 1. The quantitative estimate of drug-likeness (QED) is 0.801. The molecule has 0 saturated heterocycles. The van der Waals surface area contributed by atoms with Gasteiger partial charge in [0.05, 0.1) is 22.8 Å². The first-order chi connectivity index (χ1) is 7.83. The number of benzene rings is 1. The van der Waals surface area contributed by atoms with Gasteiger partial charge in [0.15, 0.2) is 0 Å². The normalized spacial score (nSPS) is 9.62. The Bertz CT molecular complexity index is 567. The first kappa shape index (κ1) is 10.8. The zero-order valence-electron chi connectivity index (χ0n) is 8.92. The number of rotatable bonds is 2. The average Bonchev–Trinajstić information content (AvgIpc) is 2.33.